The maximum atomic E-state index is 13.1. The van der Waals surface area contributed by atoms with Crippen molar-refractivity contribution in [3.63, 3.8) is 0 Å². The van der Waals surface area contributed by atoms with Crippen LogP contribution in [0.3, 0.4) is 0 Å². The predicted molar refractivity (Wildman–Crippen MR) is 64.8 cm³/mol. The topological polar surface area (TPSA) is 41.1 Å². The van der Waals surface area contributed by atoms with Crippen LogP contribution in [0.2, 0.25) is 0 Å². The minimum Gasteiger partial charge on any atom is -0.358 e. The van der Waals surface area contributed by atoms with Crippen molar-refractivity contribution in [2.24, 2.45) is 0 Å². The molecule has 100 valence electrons. The molecule has 1 spiro atoms. The van der Waals surface area contributed by atoms with Crippen molar-refractivity contribution in [2.45, 2.75) is 24.4 Å². The summed E-state index contributed by atoms with van der Waals surface area (Å²) in [7, 11) is 0. The average molecular weight is 268 g/mol. The number of hydrogen-bond donors (Lipinski definition) is 2. The molecule has 3 nitrogen and oxygen atoms in total. The van der Waals surface area contributed by atoms with E-state index in [2.05, 4.69) is 17.2 Å². The smallest absolute Gasteiger partial charge is 0.358 e. The number of carbonyl (C=O) groups excluding carboxylic acids is 1. The van der Waals surface area contributed by atoms with Gasteiger partial charge in [-0.25, -0.2) is 0 Å². The van der Waals surface area contributed by atoms with Gasteiger partial charge in [0.1, 0.15) is 0 Å². The monoisotopic (exact) mass is 268 g/mol. The van der Waals surface area contributed by atoms with E-state index in [0.29, 0.717) is 17.7 Å². The predicted octanol–water partition coefficient (Wildman–Crippen LogP) is 3.24. The van der Waals surface area contributed by atoms with Gasteiger partial charge in [-0.05, 0) is 30.5 Å². The molecule has 1 fully saturated rings. The summed E-state index contributed by atoms with van der Waals surface area (Å²) in [5, 5.41) is 5.06. The van der Waals surface area contributed by atoms with Crippen LogP contribution >= 0.6 is 0 Å². The Morgan fingerprint density at radius 1 is 1.37 bits per heavy atom. The standard InChI is InChI=1S/C13H11F3N2O/c1-7-12(2-3-12)9-4-8(17-6-19)5-10(11(9)18-7)13(14,15)16/h4-6,18H,1-3H2,(H,17,19). The van der Waals surface area contributed by atoms with Crippen molar-refractivity contribution in [1.29, 1.82) is 0 Å². The van der Waals surface area contributed by atoms with Gasteiger partial charge in [0, 0.05) is 16.8 Å². The van der Waals surface area contributed by atoms with Gasteiger partial charge in [0.15, 0.2) is 0 Å². The molecule has 1 aromatic rings. The van der Waals surface area contributed by atoms with Crippen LogP contribution in [0.15, 0.2) is 24.4 Å². The Bertz CT molecular complexity index is 588. The largest absolute Gasteiger partial charge is 0.418 e. The number of alkyl halides is 3. The van der Waals surface area contributed by atoms with E-state index < -0.39 is 11.7 Å². The number of fused-ring (bicyclic) bond motifs is 2. The summed E-state index contributed by atoms with van der Waals surface area (Å²) in [5.41, 5.74) is 0.276. The van der Waals surface area contributed by atoms with E-state index >= 15 is 0 Å². The van der Waals surface area contributed by atoms with Crippen LogP contribution in [-0.2, 0) is 16.4 Å². The Kier molecular flexibility index (Phi) is 2.24. The lowest BCUT2D eigenvalue weighted by Gasteiger charge is -2.15. The number of halogens is 3. The molecule has 1 amide bonds. The number of rotatable bonds is 2. The Balaban J connectivity index is 2.22. The van der Waals surface area contributed by atoms with Crippen LogP contribution in [0, 0.1) is 0 Å². The van der Waals surface area contributed by atoms with Gasteiger partial charge >= 0.3 is 6.18 Å². The fraction of sp³-hybridized carbons (Fsp3) is 0.308. The fourth-order valence-electron chi connectivity index (χ4n) is 2.66. The van der Waals surface area contributed by atoms with Gasteiger partial charge in [-0.1, -0.05) is 6.58 Å². The molecule has 0 radical (unpaired) electrons. The van der Waals surface area contributed by atoms with Crippen LogP contribution in [-0.4, -0.2) is 6.41 Å². The summed E-state index contributed by atoms with van der Waals surface area (Å²) >= 11 is 0. The first kappa shape index (κ1) is 12.1. The Morgan fingerprint density at radius 2 is 2.05 bits per heavy atom. The van der Waals surface area contributed by atoms with E-state index in [0.717, 1.165) is 18.9 Å². The van der Waals surface area contributed by atoms with Crippen molar-refractivity contribution in [2.75, 3.05) is 10.6 Å². The summed E-state index contributed by atoms with van der Waals surface area (Å²) in [6.45, 7) is 3.81. The molecule has 0 saturated heterocycles. The number of nitrogens with one attached hydrogen (secondary N) is 2. The molecule has 0 aromatic heterocycles. The Labute approximate surface area is 107 Å². The lowest BCUT2D eigenvalue weighted by Crippen LogP contribution is -2.10. The first-order valence-corrected chi connectivity index (χ1v) is 5.81. The fourth-order valence-corrected chi connectivity index (χ4v) is 2.66. The summed E-state index contributed by atoms with van der Waals surface area (Å²) < 4.78 is 39.2. The molecule has 1 aliphatic carbocycles. The van der Waals surface area contributed by atoms with E-state index in [1.165, 1.54) is 0 Å². The number of hydrogen-bond acceptors (Lipinski definition) is 2. The third kappa shape index (κ3) is 1.63. The highest BCUT2D eigenvalue weighted by Crippen LogP contribution is 2.61. The second-order valence-electron chi connectivity index (χ2n) is 4.89. The first-order chi connectivity index (χ1) is 8.88. The molecule has 6 heteroatoms. The molecule has 1 saturated carbocycles. The highest BCUT2D eigenvalue weighted by Gasteiger charge is 2.54. The molecule has 19 heavy (non-hydrogen) atoms. The summed E-state index contributed by atoms with van der Waals surface area (Å²) in [5.74, 6) is 0. The van der Waals surface area contributed by atoms with E-state index in [-0.39, 0.29) is 16.8 Å². The molecular weight excluding hydrogens is 257 g/mol. The van der Waals surface area contributed by atoms with Crippen LogP contribution in [0.5, 0.6) is 0 Å². The molecule has 2 N–H and O–H groups in total. The quantitative estimate of drug-likeness (QED) is 0.808. The summed E-state index contributed by atoms with van der Waals surface area (Å²) in [6.07, 6.45) is -2.53. The minimum atomic E-state index is -4.47. The van der Waals surface area contributed by atoms with Crippen molar-refractivity contribution in [3.8, 4) is 0 Å². The molecular formula is C13H11F3N2O. The first-order valence-electron chi connectivity index (χ1n) is 5.81. The lowest BCUT2D eigenvalue weighted by atomic mass is 9.93. The third-order valence-electron chi connectivity index (χ3n) is 3.79. The lowest BCUT2D eigenvalue weighted by molar-refractivity contribution is -0.136. The maximum absolute atomic E-state index is 13.1. The van der Waals surface area contributed by atoms with Crippen LogP contribution in [0.4, 0.5) is 24.5 Å². The van der Waals surface area contributed by atoms with E-state index in [9.17, 15) is 18.0 Å². The van der Waals surface area contributed by atoms with Crippen molar-refractivity contribution in [3.05, 3.63) is 35.5 Å². The Morgan fingerprint density at radius 3 is 2.58 bits per heavy atom. The molecule has 0 unspecified atom stereocenters. The summed E-state index contributed by atoms with van der Waals surface area (Å²) in [4.78, 5) is 10.5. The van der Waals surface area contributed by atoms with Crippen LogP contribution in [0.25, 0.3) is 0 Å². The van der Waals surface area contributed by atoms with E-state index in [1.807, 2.05) is 0 Å². The van der Waals surface area contributed by atoms with Gasteiger partial charge < -0.3 is 10.6 Å². The second kappa shape index (κ2) is 3.53. The maximum Gasteiger partial charge on any atom is 0.418 e. The molecule has 2 aliphatic rings. The van der Waals surface area contributed by atoms with Gasteiger partial charge in [0.2, 0.25) is 6.41 Å². The van der Waals surface area contributed by atoms with Crippen molar-refractivity contribution >= 4 is 17.8 Å². The van der Waals surface area contributed by atoms with E-state index in [4.69, 9.17) is 0 Å². The number of allylic oxidation sites excluding steroid dienone is 1. The SMILES string of the molecule is C=C1Nc2c(C(F)(F)F)cc(NC=O)cc2C12CC2. The van der Waals surface area contributed by atoms with Gasteiger partial charge in [-0.2, -0.15) is 13.2 Å². The van der Waals surface area contributed by atoms with Gasteiger partial charge in [0.05, 0.1) is 11.3 Å². The molecule has 1 heterocycles. The van der Waals surface area contributed by atoms with Crippen molar-refractivity contribution < 1.29 is 18.0 Å². The molecule has 0 bridgehead atoms. The van der Waals surface area contributed by atoms with Gasteiger partial charge in [-0.15, -0.1) is 0 Å². The highest BCUT2D eigenvalue weighted by atomic mass is 19.4. The van der Waals surface area contributed by atoms with Crippen molar-refractivity contribution in [1.82, 2.24) is 0 Å². The zero-order valence-electron chi connectivity index (χ0n) is 9.90. The van der Waals surface area contributed by atoms with Crippen LogP contribution in [0.1, 0.15) is 24.0 Å². The number of anilines is 2. The van der Waals surface area contributed by atoms with Gasteiger partial charge in [0.25, 0.3) is 0 Å². The minimum absolute atomic E-state index is 0.0754. The molecule has 1 aliphatic heterocycles. The molecule has 3 rings (SSSR count). The number of benzene rings is 1. The molecule has 1 aromatic carbocycles. The highest BCUT2D eigenvalue weighted by molar-refractivity contribution is 5.81. The zero-order valence-corrected chi connectivity index (χ0v) is 9.90. The molecule has 0 atom stereocenters. The summed E-state index contributed by atoms with van der Waals surface area (Å²) in [6, 6.07) is 2.53. The Hall–Kier alpha value is -1.98. The third-order valence-corrected chi connectivity index (χ3v) is 3.79. The average Bonchev–Trinajstić information content (AvgIpc) is 3.05. The van der Waals surface area contributed by atoms with Crippen LogP contribution < -0.4 is 10.6 Å². The number of amides is 1. The van der Waals surface area contributed by atoms with E-state index in [1.54, 1.807) is 6.07 Å². The second-order valence-corrected chi connectivity index (χ2v) is 4.89. The number of carbonyl (C=O) groups is 1. The zero-order chi connectivity index (χ0) is 13.8. The van der Waals surface area contributed by atoms with Gasteiger partial charge in [-0.3, -0.25) is 4.79 Å². The normalized spacial score (nSPS) is 19.0.